The monoisotopic (exact) mass is 459 g/mol. The van der Waals surface area contributed by atoms with E-state index >= 15 is 0 Å². The van der Waals surface area contributed by atoms with Crippen LogP contribution in [0, 0.1) is 0 Å². The summed E-state index contributed by atoms with van der Waals surface area (Å²) >= 11 is 1.90. The fraction of sp³-hybridized carbons (Fsp3) is 0.211. The van der Waals surface area contributed by atoms with Gasteiger partial charge in [-0.3, -0.25) is 5.10 Å². The number of likely N-dealkylation sites (N-methyl/N-ethyl adjacent to an activating group) is 1. The molecule has 1 aliphatic rings. The lowest BCUT2D eigenvalue weighted by Gasteiger charge is -2.21. The predicted octanol–water partition coefficient (Wildman–Crippen LogP) is 3.98. The van der Waals surface area contributed by atoms with Gasteiger partial charge in [0.1, 0.15) is 5.75 Å². The van der Waals surface area contributed by atoms with E-state index in [2.05, 4.69) is 38.4 Å². The van der Waals surface area contributed by atoms with Crippen LogP contribution in [-0.2, 0) is 0 Å². The molecule has 0 atom stereocenters. The standard InChI is InChI=1S/C19H18IN5O/c1-25-8-6-13(7-9-25)17-4-5-18(24-23-17)16-3-2-14(10-19(16)26-20)15-11-21-22-12-15/h2-6,10-12H,7-9H2,1H3,(H,21,22). The fourth-order valence-corrected chi connectivity index (χ4v) is 3.40. The van der Waals surface area contributed by atoms with Crippen LogP contribution in [0.3, 0.4) is 0 Å². The average molecular weight is 459 g/mol. The summed E-state index contributed by atoms with van der Waals surface area (Å²) in [5.74, 6) is 0.754. The highest BCUT2D eigenvalue weighted by Crippen LogP contribution is 2.34. The van der Waals surface area contributed by atoms with Crippen LogP contribution in [0.25, 0.3) is 28.0 Å². The van der Waals surface area contributed by atoms with Crippen molar-refractivity contribution >= 4 is 28.6 Å². The predicted molar refractivity (Wildman–Crippen MR) is 110 cm³/mol. The first kappa shape index (κ1) is 17.2. The zero-order chi connectivity index (χ0) is 17.9. The molecule has 1 aromatic carbocycles. The molecule has 1 aliphatic heterocycles. The molecule has 0 radical (unpaired) electrons. The van der Waals surface area contributed by atoms with Gasteiger partial charge in [0.2, 0.25) is 0 Å². The minimum Gasteiger partial charge on any atom is -0.427 e. The first-order chi connectivity index (χ1) is 12.7. The molecule has 0 saturated carbocycles. The highest BCUT2D eigenvalue weighted by atomic mass is 127. The van der Waals surface area contributed by atoms with Crippen LogP contribution in [0.15, 0.2) is 48.8 Å². The summed E-state index contributed by atoms with van der Waals surface area (Å²) in [7, 11) is 2.13. The van der Waals surface area contributed by atoms with Crippen molar-refractivity contribution in [3.8, 4) is 28.1 Å². The van der Waals surface area contributed by atoms with Crippen LogP contribution in [0.2, 0.25) is 0 Å². The van der Waals surface area contributed by atoms with E-state index in [1.54, 1.807) is 6.20 Å². The SMILES string of the molecule is CN1CC=C(c2ccc(-c3ccc(-c4cn[nH]c4)cc3OI)nn2)CC1. The lowest BCUT2D eigenvalue weighted by Crippen LogP contribution is -2.23. The maximum absolute atomic E-state index is 5.55. The largest absolute Gasteiger partial charge is 0.427 e. The Balaban J connectivity index is 1.63. The van der Waals surface area contributed by atoms with Crippen LogP contribution in [0.5, 0.6) is 5.75 Å². The van der Waals surface area contributed by atoms with Crippen molar-refractivity contribution in [2.45, 2.75) is 6.42 Å². The molecule has 0 saturated heterocycles. The van der Waals surface area contributed by atoms with Gasteiger partial charge in [0.25, 0.3) is 0 Å². The molecule has 4 rings (SSSR count). The van der Waals surface area contributed by atoms with E-state index in [9.17, 15) is 0 Å². The van der Waals surface area contributed by atoms with Crippen molar-refractivity contribution in [3.05, 3.63) is 54.5 Å². The number of nitrogens with one attached hydrogen (secondary N) is 1. The molecule has 0 fully saturated rings. The van der Waals surface area contributed by atoms with Crippen LogP contribution in [-0.4, -0.2) is 45.4 Å². The van der Waals surface area contributed by atoms with E-state index in [0.29, 0.717) is 0 Å². The summed E-state index contributed by atoms with van der Waals surface area (Å²) in [4.78, 5) is 2.29. The summed E-state index contributed by atoms with van der Waals surface area (Å²) in [6.45, 7) is 2.01. The van der Waals surface area contributed by atoms with Gasteiger partial charge in [-0.1, -0.05) is 12.1 Å². The summed E-state index contributed by atoms with van der Waals surface area (Å²) < 4.78 is 5.55. The summed E-state index contributed by atoms with van der Waals surface area (Å²) in [5, 5.41) is 15.7. The molecule has 7 heteroatoms. The third kappa shape index (κ3) is 3.49. The van der Waals surface area contributed by atoms with Crippen molar-refractivity contribution in [1.29, 1.82) is 0 Å². The first-order valence-corrected chi connectivity index (χ1v) is 9.26. The highest BCUT2D eigenvalue weighted by Gasteiger charge is 2.14. The molecule has 0 bridgehead atoms. The lowest BCUT2D eigenvalue weighted by atomic mass is 10.0. The smallest absolute Gasteiger partial charge is 0.192 e. The Hall–Kier alpha value is -2.26. The molecule has 3 heterocycles. The molecule has 0 unspecified atom stereocenters. The van der Waals surface area contributed by atoms with Crippen molar-refractivity contribution < 1.29 is 3.07 Å². The van der Waals surface area contributed by atoms with E-state index in [0.717, 1.165) is 53.3 Å². The second-order valence-electron chi connectivity index (χ2n) is 6.32. The van der Waals surface area contributed by atoms with E-state index in [1.807, 2.05) is 59.5 Å². The molecule has 2 aromatic heterocycles. The Kier molecular flexibility index (Phi) is 4.98. The summed E-state index contributed by atoms with van der Waals surface area (Å²) in [5.41, 5.74) is 5.99. The minimum atomic E-state index is 0.754. The molecule has 0 aliphatic carbocycles. The third-order valence-electron chi connectivity index (χ3n) is 4.58. The fourth-order valence-electron chi connectivity index (χ4n) is 3.04. The van der Waals surface area contributed by atoms with Gasteiger partial charge < -0.3 is 7.97 Å². The van der Waals surface area contributed by atoms with Gasteiger partial charge in [-0.05, 0) is 48.9 Å². The summed E-state index contributed by atoms with van der Waals surface area (Å²) in [6.07, 6.45) is 6.88. The second-order valence-corrected chi connectivity index (χ2v) is 6.76. The minimum absolute atomic E-state index is 0.754. The molecule has 0 spiro atoms. The van der Waals surface area contributed by atoms with Gasteiger partial charge in [-0.2, -0.15) is 10.2 Å². The van der Waals surface area contributed by atoms with Crippen LogP contribution in [0.1, 0.15) is 12.1 Å². The van der Waals surface area contributed by atoms with E-state index in [1.165, 1.54) is 5.57 Å². The first-order valence-electron chi connectivity index (χ1n) is 8.38. The van der Waals surface area contributed by atoms with Gasteiger partial charge in [0.05, 0.1) is 17.6 Å². The van der Waals surface area contributed by atoms with Crippen LogP contribution < -0.4 is 3.07 Å². The van der Waals surface area contributed by atoms with Crippen molar-refractivity contribution in [2.24, 2.45) is 0 Å². The lowest BCUT2D eigenvalue weighted by molar-refractivity contribution is 0.369. The zero-order valence-electron chi connectivity index (χ0n) is 14.3. The Bertz CT molecular complexity index is 922. The Labute approximate surface area is 166 Å². The maximum Gasteiger partial charge on any atom is 0.192 e. The number of hydrogen-bond acceptors (Lipinski definition) is 5. The van der Waals surface area contributed by atoms with Gasteiger partial charge in [0.15, 0.2) is 23.0 Å². The van der Waals surface area contributed by atoms with E-state index in [4.69, 9.17) is 3.07 Å². The number of H-pyrrole nitrogens is 1. The van der Waals surface area contributed by atoms with Gasteiger partial charge in [-0.25, -0.2) is 0 Å². The molecular weight excluding hydrogens is 441 g/mol. The van der Waals surface area contributed by atoms with Crippen LogP contribution in [0.4, 0.5) is 0 Å². The number of aromatic nitrogens is 4. The molecule has 0 amide bonds. The molecule has 3 aromatic rings. The highest BCUT2D eigenvalue weighted by molar-refractivity contribution is 14.1. The van der Waals surface area contributed by atoms with Crippen LogP contribution >= 0.6 is 23.0 Å². The average Bonchev–Trinajstić information content (AvgIpc) is 3.23. The molecule has 1 N–H and O–H groups in total. The van der Waals surface area contributed by atoms with Gasteiger partial charge in [-0.15, -0.1) is 5.10 Å². The van der Waals surface area contributed by atoms with Crippen molar-refractivity contribution in [1.82, 2.24) is 25.3 Å². The normalized spacial score (nSPS) is 14.9. The molecule has 6 nitrogen and oxygen atoms in total. The quantitative estimate of drug-likeness (QED) is 0.598. The molecular formula is C19H18IN5O. The summed E-state index contributed by atoms with van der Waals surface area (Å²) in [6, 6.07) is 10.1. The number of halogens is 1. The third-order valence-corrected chi connectivity index (χ3v) is 5.05. The van der Waals surface area contributed by atoms with E-state index < -0.39 is 0 Å². The topological polar surface area (TPSA) is 66.9 Å². The Morgan fingerprint density at radius 3 is 2.62 bits per heavy atom. The number of hydrogen-bond donors (Lipinski definition) is 1. The van der Waals surface area contributed by atoms with Crippen molar-refractivity contribution in [2.75, 3.05) is 20.1 Å². The zero-order valence-corrected chi connectivity index (χ0v) is 16.5. The number of aromatic amines is 1. The Morgan fingerprint density at radius 2 is 1.96 bits per heavy atom. The van der Waals surface area contributed by atoms with Gasteiger partial charge >= 0.3 is 0 Å². The van der Waals surface area contributed by atoms with Crippen molar-refractivity contribution in [3.63, 3.8) is 0 Å². The Morgan fingerprint density at radius 1 is 1.12 bits per heavy atom. The van der Waals surface area contributed by atoms with E-state index in [-0.39, 0.29) is 0 Å². The molecule has 132 valence electrons. The number of benzene rings is 1. The van der Waals surface area contributed by atoms with Gasteiger partial charge in [0, 0.05) is 30.4 Å². The maximum atomic E-state index is 5.55. The molecule has 26 heavy (non-hydrogen) atoms. The number of nitrogens with zero attached hydrogens (tertiary/aromatic N) is 4. The number of rotatable bonds is 4. The second kappa shape index (κ2) is 7.55.